The van der Waals surface area contributed by atoms with Crippen molar-refractivity contribution in [1.29, 1.82) is 0 Å². The van der Waals surface area contributed by atoms with Crippen LogP contribution in [0.1, 0.15) is 13.3 Å². The molecule has 0 saturated heterocycles. The molecule has 0 aliphatic carbocycles. The Morgan fingerprint density at radius 1 is 1.57 bits per heavy atom. The van der Waals surface area contributed by atoms with Gasteiger partial charge in [0.05, 0.1) is 12.7 Å². The highest BCUT2D eigenvalue weighted by Crippen LogP contribution is 2.23. The minimum absolute atomic E-state index is 0.321. The lowest BCUT2D eigenvalue weighted by Crippen LogP contribution is -2.10. The van der Waals surface area contributed by atoms with Crippen LogP contribution in [0.25, 0.3) is 0 Å². The minimum Gasteiger partial charge on any atom is -0.466 e. The van der Waals surface area contributed by atoms with Gasteiger partial charge in [-0.25, -0.2) is 14.8 Å². The van der Waals surface area contributed by atoms with E-state index in [9.17, 15) is 4.79 Å². The van der Waals surface area contributed by atoms with E-state index in [0.717, 1.165) is 17.1 Å². The number of aliphatic imine (C=N–C) groups is 2. The van der Waals surface area contributed by atoms with Crippen molar-refractivity contribution < 1.29 is 9.53 Å². The Labute approximate surface area is 81.7 Å². The van der Waals surface area contributed by atoms with E-state index >= 15 is 0 Å². The fraction of sp³-hybridized carbons (Fsp3) is 0.300. The SMILES string of the molecule is COC(=O)C1=CN=C2N=C(C)C=C2C1. The first-order chi connectivity index (χ1) is 6.70. The summed E-state index contributed by atoms with van der Waals surface area (Å²) in [5.74, 6) is 0.397. The van der Waals surface area contributed by atoms with Crippen LogP contribution in [0.15, 0.2) is 33.4 Å². The van der Waals surface area contributed by atoms with E-state index in [1.807, 2.05) is 13.0 Å². The van der Waals surface area contributed by atoms with Crippen LogP contribution in [0.4, 0.5) is 0 Å². The number of allylic oxidation sites excluding steroid dienone is 1. The summed E-state index contributed by atoms with van der Waals surface area (Å²) in [7, 11) is 1.37. The molecule has 0 aromatic carbocycles. The second-order valence-electron chi connectivity index (χ2n) is 3.20. The number of rotatable bonds is 1. The van der Waals surface area contributed by atoms with Gasteiger partial charge in [0, 0.05) is 23.9 Å². The number of carbonyl (C=O) groups excluding carboxylic acids is 1. The Bertz CT molecular complexity index is 414. The third-order valence-electron chi connectivity index (χ3n) is 2.12. The second kappa shape index (κ2) is 3.21. The van der Waals surface area contributed by atoms with Crippen LogP contribution in [-0.4, -0.2) is 24.6 Å². The third-order valence-corrected chi connectivity index (χ3v) is 2.12. The molecule has 0 fully saturated rings. The molecular formula is C10H10N2O2. The van der Waals surface area contributed by atoms with Crippen LogP contribution < -0.4 is 0 Å². The molecule has 0 radical (unpaired) electrons. The van der Waals surface area contributed by atoms with Crippen LogP contribution in [0.2, 0.25) is 0 Å². The largest absolute Gasteiger partial charge is 0.466 e. The monoisotopic (exact) mass is 190 g/mol. The summed E-state index contributed by atoms with van der Waals surface area (Å²) in [6.07, 6.45) is 4.03. The number of ether oxygens (including phenoxy) is 1. The van der Waals surface area contributed by atoms with Gasteiger partial charge in [-0.2, -0.15) is 0 Å². The Morgan fingerprint density at radius 2 is 2.36 bits per heavy atom. The van der Waals surface area contributed by atoms with E-state index in [1.165, 1.54) is 13.3 Å². The van der Waals surface area contributed by atoms with Gasteiger partial charge >= 0.3 is 5.97 Å². The lowest BCUT2D eigenvalue weighted by atomic mass is 10.0. The maximum absolute atomic E-state index is 11.2. The minimum atomic E-state index is -0.321. The second-order valence-corrected chi connectivity index (χ2v) is 3.20. The molecular weight excluding hydrogens is 180 g/mol. The molecule has 0 saturated carbocycles. The molecule has 0 unspecified atom stereocenters. The molecule has 2 heterocycles. The van der Waals surface area contributed by atoms with Gasteiger partial charge in [0.15, 0.2) is 5.84 Å². The summed E-state index contributed by atoms with van der Waals surface area (Å²) in [5.41, 5.74) is 2.50. The van der Waals surface area contributed by atoms with Crippen molar-refractivity contribution in [3.63, 3.8) is 0 Å². The quantitative estimate of drug-likeness (QED) is 0.584. The number of amidine groups is 1. The zero-order valence-corrected chi connectivity index (χ0v) is 8.07. The molecule has 4 nitrogen and oxygen atoms in total. The Kier molecular flexibility index (Phi) is 2.04. The highest BCUT2D eigenvalue weighted by atomic mass is 16.5. The van der Waals surface area contributed by atoms with E-state index in [1.54, 1.807) is 0 Å². The summed E-state index contributed by atoms with van der Waals surface area (Å²) in [6, 6.07) is 0. The number of esters is 1. The molecule has 0 aromatic rings. The molecule has 0 amide bonds. The molecule has 2 rings (SSSR count). The number of hydrogen-bond acceptors (Lipinski definition) is 4. The van der Waals surface area contributed by atoms with E-state index in [0.29, 0.717) is 12.0 Å². The van der Waals surface area contributed by atoms with Crippen molar-refractivity contribution in [2.45, 2.75) is 13.3 Å². The van der Waals surface area contributed by atoms with Gasteiger partial charge in [-0.1, -0.05) is 0 Å². The standard InChI is InChI=1S/C10H10N2O2/c1-6-3-7-4-8(10(13)14-2)5-11-9(7)12-6/h3,5H,4H2,1-2H3. The van der Waals surface area contributed by atoms with Crippen molar-refractivity contribution in [2.24, 2.45) is 9.98 Å². The molecule has 4 heteroatoms. The van der Waals surface area contributed by atoms with Crippen molar-refractivity contribution >= 4 is 17.5 Å². The average molecular weight is 190 g/mol. The first-order valence-corrected chi connectivity index (χ1v) is 4.32. The number of methoxy groups -OCH3 is 1. The lowest BCUT2D eigenvalue weighted by Gasteiger charge is -2.09. The van der Waals surface area contributed by atoms with Crippen LogP contribution in [0, 0.1) is 0 Å². The van der Waals surface area contributed by atoms with Gasteiger partial charge < -0.3 is 4.74 Å². The van der Waals surface area contributed by atoms with Gasteiger partial charge in [-0.15, -0.1) is 0 Å². The maximum Gasteiger partial charge on any atom is 0.335 e. The van der Waals surface area contributed by atoms with E-state index in [2.05, 4.69) is 14.7 Å². The molecule has 2 aliphatic rings. The van der Waals surface area contributed by atoms with Gasteiger partial charge in [-0.05, 0) is 13.0 Å². The van der Waals surface area contributed by atoms with Crippen molar-refractivity contribution in [1.82, 2.24) is 0 Å². The van der Waals surface area contributed by atoms with E-state index in [-0.39, 0.29) is 5.97 Å². The summed E-state index contributed by atoms with van der Waals surface area (Å²) in [4.78, 5) is 19.5. The molecule has 2 aliphatic heterocycles. The van der Waals surface area contributed by atoms with Crippen molar-refractivity contribution in [3.8, 4) is 0 Å². The molecule has 0 spiro atoms. The zero-order chi connectivity index (χ0) is 10.1. The number of carbonyl (C=O) groups is 1. The first kappa shape index (κ1) is 8.87. The third kappa shape index (κ3) is 1.39. The van der Waals surface area contributed by atoms with Crippen molar-refractivity contribution in [3.05, 3.63) is 23.4 Å². The Morgan fingerprint density at radius 3 is 3.07 bits per heavy atom. The fourth-order valence-electron chi connectivity index (χ4n) is 1.48. The molecule has 0 N–H and O–H groups in total. The van der Waals surface area contributed by atoms with Gasteiger partial charge in [0.1, 0.15) is 0 Å². The molecule has 0 aromatic heterocycles. The van der Waals surface area contributed by atoms with Crippen LogP contribution >= 0.6 is 0 Å². The molecule has 0 atom stereocenters. The molecule has 0 bridgehead atoms. The van der Waals surface area contributed by atoms with Crippen LogP contribution in [0.5, 0.6) is 0 Å². The summed E-state index contributed by atoms with van der Waals surface area (Å²) < 4.78 is 4.62. The Balaban J connectivity index is 2.26. The summed E-state index contributed by atoms with van der Waals surface area (Å²) >= 11 is 0. The van der Waals surface area contributed by atoms with Crippen LogP contribution in [-0.2, 0) is 9.53 Å². The molecule has 14 heavy (non-hydrogen) atoms. The number of fused-ring (bicyclic) bond motifs is 1. The number of nitrogens with zero attached hydrogens (tertiary/aromatic N) is 2. The van der Waals surface area contributed by atoms with Crippen molar-refractivity contribution in [2.75, 3.05) is 7.11 Å². The predicted molar refractivity (Wildman–Crippen MR) is 53.3 cm³/mol. The van der Waals surface area contributed by atoms with Crippen LogP contribution in [0.3, 0.4) is 0 Å². The topological polar surface area (TPSA) is 51.0 Å². The summed E-state index contributed by atoms with van der Waals surface area (Å²) in [6.45, 7) is 1.91. The van der Waals surface area contributed by atoms with Gasteiger partial charge in [0.2, 0.25) is 0 Å². The fourth-order valence-corrected chi connectivity index (χ4v) is 1.48. The zero-order valence-electron chi connectivity index (χ0n) is 8.07. The average Bonchev–Trinajstić information content (AvgIpc) is 2.55. The highest BCUT2D eigenvalue weighted by molar-refractivity contribution is 6.19. The summed E-state index contributed by atoms with van der Waals surface area (Å²) in [5, 5.41) is 0. The predicted octanol–water partition coefficient (Wildman–Crippen LogP) is 1.25. The smallest absolute Gasteiger partial charge is 0.335 e. The Hall–Kier alpha value is -1.71. The van der Waals surface area contributed by atoms with Gasteiger partial charge in [0.25, 0.3) is 0 Å². The maximum atomic E-state index is 11.2. The molecule has 72 valence electrons. The number of hydrogen-bond donors (Lipinski definition) is 0. The van der Waals surface area contributed by atoms with E-state index in [4.69, 9.17) is 0 Å². The first-order valence-electron chi connectivity index (χ1n) is 4.32. The highest BCUT2D eigenvalue weighted by Gasteiger charge is 2.21. The van der Waals surface area contributed by atoms with Gasteiger partial charge in [-0.3, -0.25) is 0 Å². The van der Waals surface area contributed by atoms with E-state index < -0.39 is 0 Å². The normalized spacial score (nSPS) is 19.0. The lowest BCUT2D eigenvalue weighted by molar-refractivity contribution is -0.136.